The summed E-state index contributed by atoms with van der Waals surface area (Å²) in [5, 5.41) is 11.4. The number of fused-ring (bicyclic) bond motifs is 3. The van der Waals surface area contributed by atoms with Crippen molar-refractivity contribution >= 4 is 39.1 Å². The van der Waals surface area contributed by atoms with Crippen molar-refractivity contribution in [3.8, 4) is 11.3 Å². The molecule has 2 aromatic carbocycles. The summed E-state index contributed by atoms with van der Waals surface area (Å²) in [5.74, 6) is 1.02. The highest BCUT2D eigenvalue weighted by molar-refractivity contribution is 7.15. The number of imidazole rings is 1. The van der Waals surface area contributed by atoms with Gasteiger partial charge in [0.25, 0.3) is 11.2 Å². The lowest BCUT2D eigenvalue weighted by Gasteiger charge is -2.05. The van der Waals surface area contributed by atoms with Crippen LogP contribution in [0.4, 0.5) is 5.69 Å². The van der Waals surface area contributed by atoms with Gasteiger partial charge < -0.3 is 4.42 Å². The van der Waals surface area contributed by atoms with Crippen molar-refractivity contribution in [1.82, 2.24) is 9.38 Å². The van der Waals surface area contributed by atoms with E-state index in [2.05, 4.69) is 4.98 Å². The monoisotopic (exact) mass is 445 g/mol. The molecule has 0 aliphatic heterocycles. The van der Waals surface area contributed by atoms with Crippen LogP contribution in [0, 0.1) is 37.8 Å². The Morgan fingerprint density at radius 1 is 1.09 bits per heavy atom. The molecule has 0 amide bonds. The molecule has 5 aromatic rings. The number of nitro benzene ring substituents is 1. The first-order valence-electron chi connectivity index (χ1n) is 10.0. The summed E-state index contributed by atoms with van der Waals surface area (Å²) in [6.45, 7) is 7.56. The van der Waals surface area contributed by atoms with Crippen LogP contribution in [-0.2, 0) is 0 Å². The summed E-state index contributed by atoms with van der Waals surface area (Å²) in [4.78, 5) is 29.3. The molecule has 0 radical (unpaired) electrons. The van der Waals surface area contributed by atoms with Gasteiger partial charge in [0, 0.05) is 23.3 Å². The van der Waals surface area contributed by atoms with Crippen LogP contribution >= 0.6 is 11.3 Å². The third-order valence-corrected chi connectivity index (χ3v) is 6.71. The quantitative estimate of drug-likeness (QED) is 0.292. The molecule has 0 fully saturated rings. The minimum atomic E-state index is -0.388. The summed E-state index contributed by atoms with van der Waals surface area (Å²) in [6.07, 6.45) is 1.69. The van der Waals surface area contributed by atoms with Gasteiger partial charge in [-0.15, -0.1) is 0 Å². The summed E-state index contributed by atoms with van der Waals surface area (Å²) in [5.41, 5.74) is 5.74. The van der Waals surface area contributed by atoms with Gasteiger partial charge in [0.15, 0.2) is 4.96 Å². The number of rotatable bonds is 3. The number of nitrogens with zero attached hydrogens (tertiary/aromatic N) is 3. The van der Waals surface area contributed by atoms with Crippen molar-refractivity contribution in [3.05, 3.63) is 89.4 Å². The highest BCUT2D eigenvalue weighted by Gasteiger charge is 2.18. The highest BCUT2D eigenvalue weighted by Crippen LogP contribution is 2.32. The molecule has 3 aromatic heterocycles. The third kappa shape index (κ3) is 3.11. The molecule has 0 atom stereocenters. The molecule has 160 valence electrons. The molecule has 5 rings (SSSR count). The Morgan fingerprint density at radius 3 is 2.59 bits per heavy atom. The number of aryl methyl sites for hydroxylation is 3. The second-order valence-corrected chi connectivity index (χ2v) is 9.00. The van der Waals surface area contributed by atoms with E-state index in [4.69, 9.17) is 4.42 Å². The predicted molar refractivity (Wildman–Crippen MR) is 125 cm³/mol. The van der Waals surface area contributed by atoms with E-state index < -0.39 is 0 Å². The zero-order chi connectivity index (χ0) is 22.7. The fourth-order valence-electron chi connectivity index (χ4n) is 3.91. The van der Waals surface area contributed by atoms with E-state index in [0.717, 1.165) is 27.7 Å². The molecule has 0 aliphatic rings. The molecule has 7 nitrogen and oxygen atoms in total. The van der Waals surface area contributed by atoms with E-state index in [-0.39, 0.29) is 16.2 Å². The number of nitro groups is 1. The smallest absolute Gasteiger partial charge is 0.275 e. The van der Waals surface area contributed by atoms with Crippen molar-refractivity contribution in [1.29, 1.82) is 0 Å². The fraction of sp³-hybridized carbons (Fsp3) is 0.167. The van der Waals surface area contributed by atoms with Crippen LogP contribution in [0.2, 0.25) is 0 Å². The fourth-order valence-corrected chi connectivity index (χ4v) is 4.87. The lowest BCUT2D eigenvalue weighted by Crippen LogP contribution is -2.22. The van der Waals surface area contributed by atoms with Crippen LogP contribution in [0.1, 0.15) is 28.0 Å². The van der Waals surface area contributed by atoms with Crippen molar-refractivity contribution in [2.24, 2.45) is 0 Å². The Labute approximate surface area is 186 Å². The van der Waals surface area contributed by atoms with Crippen LogP contribution in [0.15, 0.2) is 45.6 Å². The van der Waals surface area contributed by atoms with Gasteiger partial charge in [-0.2, -0.15) is 0 Å². The first kappa shape index (κ1) is 20.1. The zero-order valence-corrected chi connectivity index (χ0v) is 18.7. The maximum atomic E-state index is 13.1. The number of benzene rings is 2. The molecule has 8 heteroatoms. The van der Waals surface area contributed by atoms with Crippen molar-refractivity contribution in [2.75, 3.05) is 0 Å². The molecular formula is C24H19N3O4S. The van der Waals surface area contributed by atoms with Crippen LogP contribution in [0.5, 0.6) is 0 Å². The van der Waals surface area contributed by atoms with Gasteiger partial charge in [0.05, 0.1) is 16.0 Å². The highest BCUT2D eigenvalue weighted by atomic mass is 32.1. The molecule has 0 N–H and O–H groups in total. The number of hydrogen-bond acceptors (Lipinski definition) is 6. The van der Waals surface area contributed by atoms with Gasteiger partial charge in [0.2, 0.25) is 0 Å². The average Bonchev–Trinajstić information content (AvgIpc) is 3.40. The number of thiazole rings is 1. The van der Waals surface area contributed by atoms with Crippen LogP contribution in [0.25, 0.3) is 33.4 Å². The summed E-state index contributed by atoms with van der Waals surface area (Å²) < 4.78 is 8.10. The van der Waals surface area contributed by atoms with Crippen LogP contribution < -0.4 is 10.1 Å². The topological polar surface area (TPSA) is 90.7 Å². The van der Waals surface area contributed by atoms with Crippen molar-refractivity contribution in [2.45, 2.75) is 27.7 Å². The van der Waals surface area contributed by atoms with Gasteiger partial charge in [-0.25, -0.2) is 9.38 Å². The van der Waals surface area contributed by atoms with Gasteiger partial charge in [0.1, 0.15) is 16.1 Å². The zero-order valence-electron chi connectivity index (χ0n) is 17.9. The van der Waals surface area contributed by atoms with Gasteiger partial charge >= 0.3 is 0 Å². The van der Waals surface area contributed by atoms with Gasteiger partial charge in [-0.1, -0.05) is 11.3 Å². The lowest BCUT2D eigenvalue weighted by atomic mass is 10.0. The van der Waals surface area contributed by atoms with E-state index >= 15 is 0 Å². The van der Waals surface area contributed by atoms with Gasteiger partial charge in [-0.05, 0) is 74.7 Å². The number of aromatic nitrogens is 2. The molecule has 0 saturated carbocycles. The maximum absolute atomic E-state index is 13.1. The molecule has 0 aliphatic carbocycles. The second kappa shape index (κ2) is 7.13. The van der Waals surface area contributed by atoms with Crippen molar-refractivity contribution in [3.63, 3.8) is 0 Å². The van der Waals surface area contributed by atoms with Gasteiger partial charge in [-0.3, -0.25) is 14.9 Å². The Balaban J connectivity index is 1.62. The first-order valence-corrected chi connectivity index (χ1v) is 10.8. The SMILES string of the molecule is Cc1cc(-c2ccc(/C=c3\sc4nc5cc(C)c(C)cc5n4c3=O)o2)c(C)c([N+](=O)[O-])c1. The van der Waals surface area contributed by atoms with E-state index in [0.29, 0.717) is 32.1 Å². The molecule has 0 unspecified atom stereocenters. The molecule has 3 heterocycles. The Hall–Kier alpha value is -3.78. The maximum Gasteiger partial charge on any atom is 0.275 e. The average molecular weight is 446 g/mol. The van der Waals surface area contributed by atoms with Crippen LogP contribution in [-0.4, -0.2) is 14.3 Å². The summed E-state index contributed by atoms with van der Waals surface area (Å²) in [7, 11) is 0. The third-order valence-electron chi connectivity index (χ3n) is 5.74. The van der Waals surface area contributed by atoms with Crippen LogP contribution in [0.3, 0.4) is 0 Å². The van der Waals surface area contributed by atoms with E-state index in [1.54, 1.807) is 35.6 Å². The summed E-state index contributed by atoms with van der Waals surface area (Å²) in [6, 6.07) is 10.9. The molecular weight excluding hydrogens is 426 g/mol. The Morgan fingerprint density at radius 2 is 1.84 bits per heavy atom. The Kier molecular flexibility index (Phi) is 4.49. The van der Waals surface area contributed by atoms with E-state index in [1.807, 2.05) is 39.0 Å². The number of hydrogen-bond donors (Lipinski definition) is 0. The minimum Gasteiger partial charge on any atom is -0.457 e. The molecule has 0 saturated heterocycles. The van der Waals surface area contributed by atoms with E-state index in [9.17, 15) is 14.9 Å². The van der Waals surface area contributed by atoms with E-state index in [1.165, 1.54) is 11.3 Å². The van der Waals surface area contributed by atoms with Crippen molar-refractivity contribution < 1.29 is 9.34 Å². The molecule has 32 heavy (non-hydrogen) atoms. The standard InChI is InChI=1S/C24H19N3O4S/c1-12-7-17(15(4)19(8-12)27(29)30)21-6-5-16(31-21)11-22-23(28)26-20-10-14(3)13(2)9-18(20)25-24(26)32-22/h5-11H,1-4H3/b22-11-. The Bertz CT molecular complexity index is 1670. The largest absolute Gasteiger partial charge is 0.457 e. The molecule has 0 bridgehead atoms. The first-order chi connectivity index (χ1) is 15.2. The normalized spacial score (nSPS) is 12.3. The number of furan rings is 1. The minimum absolute atomic E-state index is 0.0562. The molecule has 0 spiro atoms. The summed E-state index contributed by atoms with van der Waals surface area (Å²) >= 11 is 1.31. The predicted octanol–water partition coefficient (Wildman–Crippen LogP) is 4.86. The lowest BCUT2D eigenvalue weighted by molar-refractivity contribution is -0.385. The second-order valence-electron chi connectivity index (χ2n) is 7.99.